The summed E-state index contributed by atoms with van der Waals surface area (Å²) < 4.78 is 5.14. The molecule has 0 aliphatic carbocycles. The molecule has 16 heavy (non-hydrogen) atoms. The monoisotopic (exact) mass is 219 g/mol. The number of pyridine rings is 1. The van der Waals surface area contributed by atoms with Gasteiger partial charge < -0.3 is 10.1 Å². The van der Waals surface area contributed by atoms with Gasteiger partial charge in [-0.3, -0.25) is 4.98 Å². The largest absolute Gasteiger partial charge is 0.383 e. The zero-order valence-electron chi connectivity index (χ0n) is 9.73. The van der Waals surface area contributed by atoms with Crippen molar-refractivity contribution in [2.45, 2.75) is 25.8 Å². The zero-order chi connectivity index (χ0) is 11.8. The smallest absolute Gasteiger partial charge is 0.101 e. The maximum Gasteiger partial charge on any atom is 0.101 e. The Kier molecular flexibility index (Phi) is 5.30. The van der Waals surface area contributed by atoms with Crippen LogP contribution in [0.1, 0.15) is 25.3 Å². The standard InChI is InChI=1S/C12H17N3O/c1-3-4-11(9-16-2)15-12-8-14-6-5-10(12)7-13/h5-6,8,11,15H,3-4,9H2,1-2H3. The summed E-state index contributed by atoms with van der Waals surface area (Å²) in [6.07, 6.45) is 5.38. The molecule has 4 heteroatoms. The zero-order valence-corrected chi connectivity index (χ0v) is 9.73. The lowest BCUT2D eigenvalue weighted by Gasteiger charge is -2.18. The van der Waals surface area contributed by atoms with E-state index in [1.54, 1.807) is 25.6 Å². The van der Waals surface area contributed by atoms with Gasteiger partial charge in [-0.25, -0.2) is 0 Å². The molecule has 0 fully saturated rings. The molecule has 1 aromatic rings. The molecule has 0 amide bonds. The van der Waals surface area contributed by atoms with Crippen molar-refractivity contribution in [3.63, 3.8) is 0 Å². The highest BCUT2D eigenvalue weighted by Gasteiger charge is 2.09. The Bertz CT molecular complexity index is 354. The summed E-state index contributed by atoms with van der Waals surface area (Å²) in [4.78, 5) is 4.01. The van der Waals surface area contributed by atoms with E-state index in [0.29, 0.717) is 12.2 Å². The minimum Gasteiger partial charge on any atom is -0.383 e. The van der Waals surface area contributed by atoms with Crippen molar-refractivity contribution in [1.82, 2.24) is 4.98 Å². The Morgan fingerprint density at radius 1 is 1.62 bits per heavy atom. The van der Waals surface area contributed by atoms with E-state index in [-0.39, 0.29) is 6.04 Å². The molecule has 0 bridgehead atoms. The predicted octanol–water partition coefficient (Wildman–Crippen LogP) is 2.18. The molecule has 0 saturated heterocycles. The fourth-order valence-corrected chi connectivity index (χ4v) is 1.57. The van der Waals surface area contributed by atoms with Crippen molar-refractivity contribution in [3.8, 4) is 6.07 Å². The first kappa shape index (κ1) is 12.5. The number of ether oxygens (including phenoxy) is 1. The number of anilines is 1. The van der Waals surface area contributed by atoms with Gasteiger partial charge in [-0.05, 0) is 12.5 Å². The first-order chi connectivity index (χ1) is 7.81. The minimum atomic E-state index is 0.228. The normalized spacial score (nSPS) is 11.8. The van der Waals surface area contributed by atoms with Crippen molar-refractivity contribution in [2.75, 3.05) is 19.0 Å². The second-order valence-corrected chi connectivity index (χ2v) is 3.62. The van der Waals surface area contributed by atoms with Crippen LogP contribution in [0.15, 0.2) is 18.5 Å². The predicted molar refractivity (Wildman–Crippen MR) is 63.1 cm³/mol. The van der Waals surface area contributed by atoms with Crippen LogP contribution in [0.3, 0.4) is 0 Å². The number of methoxy groups -OCH3 is 1. The Labute approximate surface area is 96.3 Å². The van der Waals surface area contributed by atoms with Crippen LogP contribution in [0.4, 0.5) is 5.69 Å². The molecule has 0 saturated carbocycles. The average Bonchev–Trinajstić information content (AvgIpc) is 2.30. The van der Waals surface area contributed by atoms with E-state index in [1.807, 2.05) is 0 Å². The van der Waals surface area contributed by atoms with Crippen LogP contribution in [-0.4, -0.2) is 24.7 Å². The molecule has 1 N–H and O–H groups in total. The van der Waals surface area contributed by atoms with Crippen LogP contribution in [-0.2, 0) is 4.74 Å². The Balaban J connectivity index is 2.72. The van der Waals surface area contributed by atoms with E-state index >= 15 is 0 Å². The van der Waals surface area contributed by atoms with E-state index in [9.17, 15) is 0 Å². The maximum absolute atomic E-state index is 8.94. The van der Waals surface area contributed by atoms with Crippen molar-refractivity contribution >= 4 is 5.69 Å². The van der Waals surface area contributed by atoms with Gasteiger partial charge in [0.25, 0.3) is 0 Å². The molecule has 0 aliphatic rings. The van der Waals surface area contributed by atoms with Crippen LogP contribution < -0.4 is 5.32 Å². The van der Waals surface area contributed by atoms with Crippen molar-refractivity contribution in [2.24, 2.45) is 0 Å². The summed E-state index contributed by atoms with van der Waals surface area (Å²) in [5, 5.41) is 12.2. The first-order valence-corrected chi connectivity index (χ1v) is 5.41. The number of rotatable bonds is 6. The number of nitriles is 1. The summed E-state index contributed by atoms with van der Waals surface area (Å²) in [6, 6.07) is 4.08. The molecule has 1 heterocycles. The second kappa shape index (κ2) is 6.81. The summed E-state index contributed by atoms with van der Waals surface area (Å²) in [5.41, 5.74) is 1.40. The highest BCUT2D eigenvalue weighted by Crippen LogP contribution is 2.14. The number of aromatic nitrogens is 1. The summed E-state index contributed by atoms with van der Waals surface area (Å²) in [7, 11) is 1.68. The van der Waals surface area contributed by atoms with Crippen molar-refractivity contribution < 1.29 is 4.74 Å². The third-order valence-corrected chi connectivity index (χ3v) is 2.31. The molecular weight excluding hydrogens is 202 g/mol. The Morgan fingerprint density at radius 2 is 2.44 bits per heavy atom. The number of nitrogens with zero attached hydrogens (tertiary/aromatic N) is 2. The van der Waals surface area contributed by atoms with Gasteiger partial charge in [-0.15, -0.1) is 0 Å². The van der Waals surface area contributed by atoms with Crippen LogP contribution in [0.2, 0.25) is 0 Å². The third kappa shape index (κ3) is 3.52. The molecule has 86 valence electrons. The van der Waals surface area contributed by atoms with E-state index in [0.717, 1.165) is 18.5 Å². The Morgan fingerprint density at radius 3 is 3.06 bits per heavy atom. The van der Waals surface area contributed by atoms with Gasteiger partial charge in [0.2, 0.25) is 0 Å². The highest BCUT2D eigenvalue weighted by molar-refractivity contribution is 5.55. The van der Waals surface area contributed by atoms with Crippen LogP contribution in [0.5, 0.6) is 0 Å². The third-order valence-electron chi connectivity index (χ3n) is 2.31. The number of nitrogens with one attached hydrogen (secondary N) is 1. The first-order valence-electron chi connectivity index (χ1n) is 5.41. The maximum atomic E-state index is 8.94. The summed E-state index contributed by atoms with van der Waals surface area (Å²) >= 11 is 0. The van der Waals surface area contributed by atoms with Gasteiger partial charge in [0, 0.05) is 19.3 Å². The van der Waals surface area contributed by atoms with Crippen LogP contribution >= 0.6 is 0 Å². The molecular formula is C12H17N3O. The quantitative estimate of drug-likeness (QED) is 0.796. The van der Waals surface area contributed by atoms with Crippen molar-refractivity contribution in [1.29, 1.82) is 5.26 Å². The molecule has 0 spiro atoms. The van der Waals surface area contributed by atoms with Gasteiger partial charge in [-0.2, -0.15) is 5.26 Å². The van der Waals surface area contributed by atoms with Gasteiger partial charge in [0.1, 0.15) is 6.07 Å². The molecule has 1 rings (SSSR count). The minimum absolute atomic E-state index is 0.228. The molecule has 1 unspecified atom stereocenters. The van der Waals surface area contributed by atoms with E-state index < -0.39 is 0 Å². The molecule has 4 nitrogen and oxygen atoms in total. The fraction of sp³-hybridized carbons (Fsp3) is 0.500. The van der Waals surface area contributed by atoms with Gasteiger partial charge >= 0.3 is 0 Å². The van der Waals surface area contributed by atoms with Crippen LogP contribution in [0, 0.1) is 11.3 Å². The molecule has 0 radical (unpaired) electrons. The summed E-state index contributed by atoms with van der Waals surface area (Å²) in [6.45, 7) is 2.76. The molecule has 0 aromatic carbocycles. The van der Waals surface area contributed by atoms with Gasteiger partial charge in [0.05, 0.1) is 24.1 Å². The Hall–Kier alpha value is -1.60. The van der Waals surface area contributed by atoms with Crippen LogP contribution in [0.25, 0.3) is 0 Å². The van der Waals surface area contributed by atoms with E-state index in [4.69, 9.17) is 10.00 Å². The fourth-order valence-electron chi connectivity index (χ4n) is 1.57. The lowest BCUT2D eigenvalue weighted by Crippen LogP contribution is -2.25. The average molecular weight is 219 g/mol. The summed E-state index contributed by atoms with van der Waals surface area (Å²) in [5.74, 6) is 0. The molecule has 1 atom stereocenters. The van der Waals surface area contributed by atoms with E-state index in [1.165, 1.54) is 0 Å². The van der Waals surface area contributed by atoms with Gasteiger partial charge in [0.15, 0.2) is 0 Å². The highest BCUT2D eigenvalue weighted by atomic mass is 16.5. The lowest BCUT2D eigenvalue weighted by atomic mass is 10.1. The second-order valence-electron chi connectivity index (χ2n) is 3.62. The van der Waals surface area contributed by atoms with Crippen molar-refractivity contribution in [3.05, 3.63) is 24.0 Å². The topological polar surface area (TPSA) is 57.9 Å². The number of hydrogen-bond donors (Lipinski definition) is 1. The lowest BCUT2D eigenvalue weighted by molar-refractivity contribution is 0.182. The van der Waals surface area contributed by atoms with E-state index in [2.05, 4.69) is 23.3 Å². The number of hydrogen-bond acceptors (Lipinski definition) is 4. The SMILES string of the molecule is CCCC(COC)Nc1cnccc1C#N. The van der Waals surface area contributed by atoms with Gasteiger partial charge in [-0.1, -0.05) is 13.3 Å². The molecule has 0 aliphatic heterocycles. The molecule has 1 aromatic heterocycles.